The third-order valence-corrected chi connectivity index (χ3v) is 5.84. The number of carbonyl (C=O) groups is 1. The van der Waals surface area contributed by atoms with E-state index in [1.54, 1.807) is 4.90 Å². The first-order chi connectivity index (χ1) is 13.2. The Bertz CT molecular complexity index is 747. The Hall–Kier alpha value is -2.30. The molecule has 1 saturated carbocycles. The molecule has 1 aliphatic heterocycles. The number of hydrogen-bond acceptors (Lipinski definition) is 3. The Kier molecular flexibility index (Phi) is 6.54. The molecule has 1 aromatic rings. The van der Waals surface area contributed by atoms with Crippen LogP contribution in [-0.4, -0.2) is 34.6 Å². The van der Waals surface area contributed by atoms with E-state index in [0.29, 0.717) is 0 Å². The van der Waals surface area contributed by atoms with Gasteiger partial charge in [0, 0.05) is 23.8 Å². The Morgan fingerprint density at radius 3 is 2.52 bits per heavy atom. The number of unbranched alkanes of at least 4 members (excludes halogenated alkanes) is 1. The van der Waals surface area contributed by atoms with Crippen molar-refractivity contribution in [3.63, 3.8) is 0 Å². The predicted molar refractivity (Wildman–Crippen MR) is 105 cm³/mol. The van der Waals surface area contributed by atoms with Gasteiger partial charge >= 0.3 is 0 Å². The van der Waals surface area contributed by atoms with Crippen molar-refractivity contribution >= 4 is 5.91 Å². The molecule has 4 heteroatoms. The Morgan fingerprint density at radius 1 is 1.22 bits per heavy atom. The Balaban J connectivity index is 1.75. The van der Waals surface area contributed by atoms with Gasteiger partial charge in [-0.05, 0) is 37.0 Å². The fourth-order valence-electron chi connectivity index (χ4n) is 4.35. The van der Waals surface area contributed by atoms with E-state index in [9.17, 15) is 15.2 Å². The highest BCUT2D eigenvalue weighted by Crippen LogP contribution is 2.42. The molecule has 2 aliphatic rings. The molecule has 27 heavy (non-hydrogen) atoms. The summed E-state index contributed by atoms with van der Waals surface area (Å²) in [5.41, 5.74) is 1.95. The average molecular weight is 364 g/mol. The van der Waals surface area contributed by atoms with Crippen LogP contribution in [0.25, 0.3) is 0 Å². The predicted octanol–water partition coefficient (Wildman–Crippen LogP) is 3.60. The second-order valence-corrected chi connectivity index (χ2v) is 7.60. The number of rotatable bonds is 4. The SMILES string of the molecule is CCCC#Cc1ccc([C@@H]2[C@@H](C#N)N(C(=O)C3CCCCC3)[C@@H]2CO)cc1. The van der Waals surface area contributed by atoms with Gasteiger partial charge in [0.1, 0.15) is 6.04 Å². The first-order valence-corrected chi connectivity index (χ1v) is 10.1. The third-order valence-electron chi connectivity index (χ3n) is 5.84. The number of carbonyl (C=O) groups excluding carboxylic acids is 1. The monoisotopic (exact) mass is 364 g/mol. The average Bonchev–Trinajstić information content (AvgIpc) is 2.70. The number of aliphatic hydroxyl groups is 1. The van der Waals surface area contributed by atoms with Crippen molar-refractivity contribution in [3.8, 4) is 17.9 Å². The van der Waals surface area contributed by atoms with Gasteiger partial charge in [0.15, 0.2) is 0 Å². The lowest BCUT2D eigenvalue weighted by Crippen LogP contribution is -2.66. The molecule has 3 rings (SSSR count). The lowest BCUT2D eigenvalue weighted by atomic mass is 9.74. The van der Waals surface area contributed by atoms with Crippen LogP contribution in [-0.2, 0) is 4.79 Å². The minimum atomic E-state index is -0.492. The van der Waals surface area contributed by atoms with Crippen LogP contribution in [0.2, 0.25) is 0 Å². The molecule has 0 bridgehead atoms. The molecular formula is C23H28N2O2. The highest BCUT2D eigenvalue weighted by molar-refractivity contribution is 5.81. The van der Waals surface area contributed by atoms with Gasteiger partial charge in [0.05, 0.1) is 18.7 Å². The van der Waals surface area contributed by atoms with Crippen LogP contribution in [0.4, 0.5) is 0 Å². The highest BCUT2D eigenvalue weighted by atomic mass is 16.3. The summed E-state index contributed by atoms with van der Waals surface area (Å²) >= 11 is 0. The van der Waals surface area contributed by atoms with Crippen LogP contribution >= 0.6 is 0 Å². The van der Waals surface area contributed by atoms with E-state index in [4.69, 9.17) is 0 Å². The molecule has 0 unspecified atom stereocenters. The second kappa shape index (κ2) is 9.07. The summed E-state index contributed by atoms with van der Waals surface area (Å²) in [7, 11) is 0. The maximum atomic E-state index is 12.9. The van der Waals surface area contributed by atoms with Gasteiger partial charge in [-0.15, -0.1) is 0 Å². The van der Waals surface area contributed by atoms with Gasteiger partial charge in [-0.3, -0.25) is 4.79 Å². The molecular weight excluding hydrogens is 336 g/mol. The van der Waals surface area contributed by atoms with Crippen molar-refractivity contribution in [1.82, 2.24) is 4.90 Å². The largest absolute Gasteiger partial charge is 0.394 e. The number of amides is 1. The minimum Gasteiger partial charge on any atom is -0.394 e. The van der Waals surface area contributed by atoms with Crippen molar-refractivity contribution in [1.29, 1.82) is 5.26 Å². The van der Waals surface area contributed by atoms with Crippen molar-refractivity contribution in [2.75, 3.05) is 6.61 Å². The van der Waals surface area contributed by atoms with Gasteiger partial charge in [-0.1, -0.05) is 50.2 Å². The van der Waals surface area contributed by atoms with E-state index in [1.165, 1.54) is 6.42 Å². The summed E-state index contributed by atoms with van der Waals surface area (Å²) in [6, 6.07) is 9.40. The summed E-state index contributed by atoms with van der Waals surface area (Å²) < 4.78 is 0. The first kappa shape index (κ1) is 19.5. The molecule has 1 heterocycles. The molecule has 2 fully saturated rings. The molecule has 1 aromatic carbocycles. The van der Waals surface area contributed by atoms with Crippen molar-refractivity contribution in [3.05, 3.63) is 35.4 Å². The lowest BCUT2D eigenvalue weighted by molar-refractivity contribution is -0.152. The normalized spacial score (nSPS) is 25.1. The van der Waals surface area contributed by atoms with Gasteiger partial charge in [0.25, 0.3) is 0 Å². The topological polar surface area (TPSA) is 64.3 Å². The number of likely N-dealkylation sites (tertiary alicyclic amines) is 1. The molecule has 0 aromatic heterocycles. The van der Waals surface area contributed by atoms with Crippen LogP contribution in [0, 0.1) is 29.1 Å². The molecule has 142 valence electrons. The smallest absolute Gasteiger partial charge is 0.227 e. The molecule has 3 atom stereocenters. The van der Waals surface area contributed by atoms with Crippen LogP contribution < -0.4 is 0 Å². The zero-order chi connectivity index (χ0) is 19.2. The minimum absolute atomic E-state index is 0.0146. The summed E-state index contributed by atoms with van der Waals surface area (Å²) in [6.45, 7) is 1.99. The van der Waals surface area contributed by atoms with Gasteiger partial charge in [-0.25, -0.2) is 0 Å². The molecule has 4 nitrogen and oxygen atoms in total. The maximum absolute atomic E-state index is 12.9. The molecule has 0 spiro atoms. The second-order valence-electron chi connectivity index (χ2n) is 7.60. The molecule has 1 saturated heterocycles. The van der Waals surface area contributed by atoms with E-state index < -0.39 is 6.04 Å². The van der Waals surface area contributed by atoms with Gasteiger partial charge in [0.2, 0.25) is 5.91 Å². The fourth-order valence-corrected chi connectivity index (χ4v) is 4.35. The van der Waals surface area contributed by atoms with Crippen LogP contribution in [0.5, 0.6) is 0 Å². The maximum Gasteiger partial charge on any atom is 0.227 e. The summed E-state index contributed by atoms with van der Waals surface area (Å²) in [5.74, 6) is 6.21. The number of hydrogen-bond donors (Lipinski definition) is 1. The van der Waals surface area contributed by atoms with Crippen LogP contribution in [0.1, 0.15) is 68.9 Å². The van der Waals surface area contributed by atoms with E-state index in [2.05, 4.69) is 24.8 Å². The van der Waals surface area contributed by atoms with Gasteiger partial charge < -0.3 is 10.0 Å². The van der Waals surface area contributed by atoms with E-state index in [-0.39, 0.29) is 30.4 Å². The molecule has 1 amide bonds. The number of benzene rings is 1. The quantitative estimate of drug-likeness (QED) is 0.830. The standard InChI is InChI=1S/C23H28N2O2/c1-2-3-5-8-17-11-13-18(14-12-17)22-20(15-24)25(21(22)16-26)23(27)19-9-6-4-7-10-19/h11-14,19-22,26H,2-4,6-7,9-10,16H2,1H3/t20-,21-,22-/m1/s1. The van der Waals surface area contributed by atoms with Gasteiger partial charge in [-0.2, -0.15) is 5.26 Å². The Morgan fingerprint density at radius 2 is 1.93 bits per heavy atom. The highest BCUT2D eigenvalue weighted by Gasteiger charge is 2.52. The third kappa shape index (κ3) is 4.02. The zero-order valence-electron chi connectivity index (χ0n) is 16.0. The van der Waals surface area contributed by atoms with Crippen LogP contribution in [0.3, 0.4) is 0 Å². The molecule has 0 radical (unpaired) electrons. The van der Waals surface area contributed by atoms with Crippen molar-refractivity contribution < 1.29 is 9.90 Å². The fraction of sp³-hybridized carbons (Fsp3) is 0.565. The van der Waals surface area contributed by atoms with E-state index in [1.807, 2.05) is 24.3 Å². The summed E-state index contributed by atoms with van der Waals surface area (Å²) in [6.07, 6.45) is 7.07. The summed E-state index contributed by atoms with van der Waals surface area (Å²) in [4.78, 5) is 14.6. The zero-order valence-corrected chi connectivity index (χ0v) is 16.0. The Labute approximate surface area is 162 Å². The van der Waals surface area contributed by atoms with Crippen molar-refractivity contribution in [2.45, 2.75) is 69.9 Å². The van der Waals surface area contributed by atoms with E-state index in [0.717, 1.165) is 49.7 Å². The van der Waals surface area contributed by atoms with Crippen LogP contribution in [0.15, 0.2) is 24.3 Å². The molecule has 1 N–H and O–H groups in total. The first-order valence-electron chi connectivity index (χ1n) is 10.1. The van der Waals surface area contributed by atoms with E-state index >= 15 is 0 Å². The lowest BCUT2D eigenvalue weighted by Gasteiger charge is -2.52. The number of nitriles is 1. The summed E-state index contributed by atoms with van der Waals surface area (Å²) in [5, 5.41) is 19.6. The number of aliphatic hydroxyl groups excluding tert-OH is 1. The van der Waals surface area contributed by atoms with Crippen molar-refractivity contribution in [2.24, 2.45) is 5.92 Å². The molecule has 1 aliphatic carbocycles. The number of nitrogens with zero attached hydrogens (tertiary/aromatic N) is 2.